The van der Waals surface area contributed by atoms with Gasteiger partial charge in [0.1, 0.15) is 11.8 Å². The third kappa shape index (κ3) is 2.72. The van der Waals surface area contributed by atoms with Crippen molar-refractivity contribution in [1.29, 1.82) is 0 Å². The van der Waals surface area contributed by atoms with Gasteiger partial charge in [-0.05, 0) is 12.0 Å². The first-order chi connectivity index (χ1) is 9.86. The number of nitrogens with zero attached hydrogens (tertiary/aromatic N) is 3. The maximum Gasteiger partial charge on any atom is 0.182 e. The maximum atomic E-state index is 6.06. The molecule has 0 aliphatic heterocycles. The Morgan fingerprint density at radius 1 is 1.15 bits per heavy atom. The van der Waals surface area contributed by atoms with Crippen molar-refractivity contribution >= 4 is 28.6 Å². The lowest BCUT2D eigenvalue weighted by molar-refractivity contribution is 0.792. The van der Waals surface area contributed by atoms with E-state index < -0.39 is 0 Å². The molecule has 1 unspecified atom stereocenters. The van der Waals surface area contributed by atoms with Gasteiger partial charge >= 0.3 is 0 Å². The van der Waals surface area contributed by atoms with Crippen LogP contribution in [0.5, 0.6) is 0 Å². The molecule has 0 saturated heterocycles. The summed E-state index contributed by atoms with van der Waals surface area (Å²) in [6.45, 7) is 0. The second-order valence-electron chi connectivity index (χ2n) is 4.51. The van der Waals surface area contributed by atoms with Crippen molar-refractivity contribution in [3.63, 3.8) is 0 Å². The number of rotatable bonds is 5. The predicted molar refractivity (Wildman–Crippen MR) is 80.0 cm³/mol. The molecule has 3 rings (SSSR count). The molecule has 2 aromatic heterocycles. The highest BCUT2D eigenvalue weighted by Gasteiger charge is 2.12. The first kappa shape index (κ1) is 12.9. The quantitative estimate of drug-likeness (QED) is 0.708. The highest BCUT2D eigenvalue weighted by molar-refractivity contribution is 6.18. The van der Waals surface area contributed by atoms with Crippen LogP contribution in [0.4, 0.5) is 5.82 Å². The summed E-state index contributed by atoms with van der Waals surface area (Å²) in [6, 6.07) is 10.3. The molecule has 0 bridgehead atoms. The lowest BCUT2D eigenvalue weighted by Gasteiger charge is -2.16. The van der Waals surface area contributed by atoms with E-state index in [4.69, 9.17) is 11.6 Å². The van der Waals surface area contributed by atoms with E-state index in [1.807, 2.05) is 18.2 Å². The highest BCUT2D eigenvalue weighted by atomic mass is 35.5. The minimum absolute atomic E-state index is 0.0977. The van der Waals surface area contributed by atoms with Crippen molar-refractivity contribution in [3.05, 3.63) is 48.5 Å². The van der Waals surface area contributed by atoms with Gasteiger partial charge in [0.25, 0.3) is 0 Å². The lowest BCUT2D eigenvalue weighted by Crippen LogP contribution is -2.24. The summed E-state index contributed by atoms with van der Waals surface area (Å²) in [7, 11) is 0. The van der Waals surface area contributed by atoms with Gasteiger partial charge < -0.3 is 10.3 Å². The van der Waals surface area contributed by atoms with Gasteiger partial charge in [-0.2, -0.15) is 0 Å². The van der Waals surface area contributed by atoms with Crippen molar-refractivity contribution in [2.24, 2.45) is 0 Å². The van der Waals surface area contributed by atoms with Gasteiger partial charge in [-0.15, -0.1) is 11.6 Å². The van der Waals surface area contributed by atoms with Crippen LogP contribution < -0.4 is 5.32 Å². The number of imidazole rings is 1. The van der Waals surface area contributed by atoms with E-state index in [0.717, 1.165) is 17.8 Å². The molecule has 102 valence electrons. The molecule has 1 aromatic carbocycles. The summed E-state index contributed by atoms with van der Waals surface area (Å²) in [4.78, 5) is 15.5. The number of fused-ring (bicyclic) bond motifs is 1. The molecule has 20 heavy (non-hydrogen) atoms. The summed E-state index contributed by atoms with van der Waals surface area (Å²) in [5, 5.41) is 3.35. The zero-order chi connectivity index (χ0) is 13.8. The van der Waals surface area contributed by atoms with Crippen LogP contribution in [0.1, 0.15) is 5.56 Å². The molecule has 0 amide bonds. The summed E-state index contributed by atoms with van der Waals surface area (Å²) in [5.74, 6) is 1.23. The van der Waals surface area contributed by atoms with Crippen molar-refractivity contribution < 1.29 is 0 Å². The molecule has 0 aliphatic carbocycles. The topological polar surface area (TPSA) is 66.5 Å². The summed E-state index contributed by atoms with van der Waals surface area (Å²) < 4.78 is 0. The van der Waals surface area contributed by atoms with E-state index in [0.29, 0.717) is 11.5 Å². The molecule has 0 radical (unpaired) electrons. The smallest absolute Gasteiger partial charge is 0.182 e. The number of aromatic nitrogens is 4. The van der Waals surface area contributed by atoms with Crippen LogP contribution in [-0.4, -0.2) is 31.9 Å². The minimum atomic E-state index is 0.0977. The van der Waals surface area contributed by atoms with Gasteiger partial charge in [0, 0.05) is 11.9 Å². The Labute approximate surface area is 121 Å². The number of halogens is 1. The van der Waals surface area contributed by atoms with Gasteiger partial charge in [-0.25, -0.2) is 15.0 Å². The zero-order valence-corrected chi connectivity index (χ0v) is 11.5. The first-order valence-electron chi connectivity index (χ1n) is 6.37. The number of nitrogens with one attached hydrogen (secondary N) is 2. The largest absolute Gasteiger partial charge is 0.364 e. The van der Waals surface area contributed by atoms with Crippen molar-refractivity contribution in [1.82, 2.24) is 19.9 Å². The normalized spacial score (nSPS) is 12.4. The van der Waals surface area contributed by atoms with Crippen molar-refractivity contribution in [3.8, 4) is 0 Å². The third-order valence-electron chi connectivity index (χ3n) is 3.08. The monoisotopic (exact) mass is 287 g/mol. The van der Waals surface area contributed by atoms with E-state index in [2.05, 4.69) is 37.4 Å². The summed E-state index contributed by atoms with van der Waals surface area (Å²) in [5.41, 5.74) is 2.69. The number of aromatic amines is 1. The molecular formula is C14H14ClN5. The summed E-state index contributed by atoms with van der Waals surface area (Å²) >= 11 is 6.06. The van der Waals surface area contributed by atoms with Crippen molar-refractivity contribution in [2.45, 2.75) is 12.5 Å². The van der Waals surface area contributed by atoms with Gasteiger partial charge in [-0.1, -0.05) is 30.3 Å². The minimum Gasteiger partial charge on any atom is -0.364 e. The standard InChI is InChI=1S/C14H14ClN5/c15-7-11(6-10-4-2-1-3-5-10)20-14-12-13(17-8-16-12)18-9-19-14/h1-5,8-9,11H,6-7H2,(H2,16,17,18,19,20). The van der Waals surface area contributed by atoms with Crippen LogP contribution in [0.15, 0.2) is 43.0 Å². The Bertz CT molecular complexity index is 682. The number of alkyl halides is 1. The summed E-state index contributed by atoms with van der Waals surface area (Å²) in [6.07, 6.45) is 3.95. The number of anilines is 1. The van der Waals surface area contributed by atoms with Crippen LogP contribution >= 0.6 is 11.6 Å². The Morgan fingerprint density at radius 2 is 2.00 bits per heavy atom. The molecule has 6 heteroatoms. The molecule has 1 atom stereocenters. The van der Waals surface area contributed by atoms with Crippen LogP contribution in [0.25, 0.3) is 11.2 Å². The number of hydrogen-bond acceptors (Lipinski definition) is 4. The molecule has 2 N–H and O–H groups in total. The Kier molecular flexibility index (Phi) is 3.78. The number of hydrogen-bond donors (Lipinski definition) is 2. The van der Waals surface area contributed by atoms with E-state index >= 15 is 0 Å². The Morgan fingerprint density at radius 3 is 2.80 bits per heavy atom. The van der Waals surface area contributed by atoms with E-state index in [-0.39, 0.29) is 6.04 Å². The third-order valence-corrected chi connectivity index (χ3v) is 3.45. The van der Waals surface area contributed by atoms with Gasteiger partial charge in [0.05, 0.1) is 6.33 Å². The molecule has 0 saturated carbocycles. The fourth-order valence-electron chi connectivity index (χ4n) is 2.11. The molecule has 2 heterocycles. The van der Waals surface area contributed by atoms with Crippen molar-refractivity contribution in [2.75, 3.05) is 11.2 Å². The van der Waals surface area contributed by atoms with Gasteiger partial charge in [-0.3, -0.25) is 0 Å². The van der Waals surface area contributed by atoms with Crippen LogP contribution in [-0.2, 0) is 6.42 Å². The van der Waals surface area contributed by atoms with E-state index in [1.165, 1.54) is 11.9 Å². The van der Waals surface area contributed by atoms with E-state index in [1.54, 1.807) is 6.33 Å². The molecule has 3 aromatic rings. The van der Waals surface area contributed by atoms with Crippen LogP contribution in [0.3, 0.4) is 0 Å². The Balaban J connectivity index is 1.79. The first-order valence-corrected chi connectivity index (χ1v) is 6.91. The average Bonchev–Trinajstić information content (AvgIpc) is 2.97. The zero-order valence-electron chi connectivity index (χ0n) is 10.8. The number of benzene rings is 1. The second-order valence-corrected chi connectivity index (χ2v) is 4.82. The van der Waals surface area contributed by atoms with Gasteiger partial charge in [0.2, 0.25) is 0 Å². The predicted octanol–water partition coefficient (Wildman–Crippen LogP) is 2.61. The fourth-order valence-corrected chi connectivity index (χ4v) is 2.30. The second kappa shape index (κ2) is 5.88. The van der Waals surface area contributed by atoms with Gasteiger partial charge in [0.15, 0.2) is 11.5 Å². The molecular weight excluding hydrogens is 274 g/mol. The van der Waals surface area contributed by atoms with Crippen LogP contribution in [0, 0.1) is 0 Å². The lowest BCUT2D eigenvalue weighted by atomic mass is 10.1. The average molecular weight is 288 g/mol. The van der Waals surface area contributed by atoms with Crippen LogP contribution in [0.2, 0.25) is 0 Å². The number of H-pyrrole nitrogens is 1. The maximum absolute atomic E-state index is 6.06. The van der Waals surface area contributed by atoms with E-state index in [9.17, 15) is 0 Å². The SMILES string of the molecule is ClCC(Cc1ccccc1)Nc1ncnc2nc[nH]c12. The molecule has 0 aliphatic rings. The molecule has 0 fully saturated rings. The molecule has 5 nitrogen and oxygen atoms in total. The highest BCUT2D eigenvalue weighted by Crippen LogP contribution is 2.17. The fraction of sp³-hybridized carbons (Fsp3) is 0.214. The molecule has 0 spiro atoms. The Hall–Kier alpha value is -2.14.